The molecule has 1 aromatic carbocycles. The third-order valence-corrected chi connectivity index (χ3v) is 4.33. The Kier molecular flexibility index (Phi) is 2.93. The fourth-order valence-electron chi connectivity index (χ4n) is 3.04. The van der Waals surface area contributed by atoms with Crippen molar-refractivity contribution in [3.63, 3.8) is 0 Å². The summed E-state index contributed by atoms with van der Waals surface area (Å²) in [7, 11) is 0. The van der Waals surface area contributed by atoms with Crippen LogP contribution in [0.25, 0.3) is 0 Å². The van der Waals surface area contributed by atoms with Crippen LogP contribution < -0.4 is 5.32 Å². The van der Waals surface area contributed by atoms with Gasteiger partial charge in [-0.05, 0) is 49.7 Å². The van der Waals surface area contributed by atoms with Crippen molar-refractivity contribution in [2.75, 3.05) is 6.54 Å². The Balaban J connectivity index is 1.68. The van der Waals surface area contributed by atoms with Crippen LogP contribution in [0.1, 0.15) is 49.3 Å². The number of rotatable bonds is 3. The summed E-state index contributed by atoms with van der Waals surface area (Å²) in [6.07, 6.45) is 6.78. The predicted molar refractivity (Wildman–Crippen MR) is 68.9 cm³/mol. The molecule has 2 aliphatic carbocycles. The Morgan fingerprint density at radius 1 is 1.24 bits per heavy atom. The molecule has 2 heteroatoms. The molecule has 1 unspecified atom stereocenters. The van der Waals surface area contributed by atoms with Crippen LogP contribution in [0.3, 0.4) is 0 Å². The van der Waals surface area contributed by atoms with Gasteiger partial charge in [0.1, 0.15) is 0 Å². The lowest BCUT2D eigenvalue weighted by atomic mass is 9.79. The van der Waals surface area contributed by atoms with E-state index in [2.05, 4.69) is 29.6 Å². The first kappa shape index (κ1) is 11.2. The molecule has 0 bridgehead atoms. The Bertz CT molecular complexity index is 398. The molecule has 0 spiro atoms. The SMILES string of the molecule is OC1(CNC2CCCc3ccccc32)CCC1. The minimum atomic E-state index is -0.410. The summed E-state index contributed by atoms with van der Waals surface area (Å²) >= 11 is 0. The molecule has 0 radical (unpaired) electrons. The first-order valence-electron chi connectivity index (χ1n) is 6.80. The van der Waals surface area contributed by atoms with E-state index in [9.17, 15) is 5.11 Å². The van der Waals surface area contributed by atoms with Crippen molar-refractivity contribution < 1.29 is 5.11 Å². The number of benzene rings is 1. The van der Waals surface area contributed by atoms with Crippen LogP contribution >= 0.6 is 0 Å². The van der Waals surface area contributed by atoms with Crippen LogP contribution in [-0.4, -0.2) is 17.3 Å². The van der Waals surface area contributed by atoms with E-state index in [1.165, 1.54) is 36.8 Å². The lowest BCUT2D eigenvalue weighted by Gasteiger charge is -2.38. The van der Waals surface area contributed by atoms with E-state index < -0.39 is 5.60 Å². The maximum atomic E-state index is 10.1. The molecule has 0 aliphatic heterocycles. The third kappa shape index (κ3) is 2.24. The van der Waals surface area contributed by atoms with E-state index in [1.54, 1.807) is 0 Å². The fourth-order valence-corrected chi connectivity index (χ4v) is 3.04. The summed E-state index contributed by atoms with van der Waals surface area (Å²) in [6, 6.07) is 9.17. The highest BCUT2D eigenvalue weighted by atomic mass is 16.3. The summed E-state index contributed by atoms with van der Waals surface area (Å²) in [5, 5.41) is 13.7. The van der Waals surface area contributed by atoms with Crippen molar-refractivity contribution in [2.24, 2.45) is 0 Å². The largest absolute Gasteiger partial charge is 0.389 e. The van der Waals surface area contributed by atoms with Gasteiger partial charge in [-0.25, -0.2) is 0 Å². The van der Waals surface area contributed by atoms with Crippen LogP contribution in [0.15, 0.2) is 24.3 Å². The van der Waals surface area contributed by atoms with Crippen molar-refractivity contribution >= 4 is 0 Å². The highest BCUT2D eigenvalue weighted by Crippen LogP contribution is 2.33. The summed E-state index contributed by atoms with van der Waals surface area (Å²) in [4.78, 5) is 0. The Morgan fingerprint density at radius 2 is 2.06 bits per heavy atom. The molecule has 2 N–H and O–H groups in total. The molecule has 0 amide bonds. The smallest absolute Gasteiger partial charge is 0.0771 e. The molecular formula is C15H21NO. The topological polar surface area (TPSA) is 32.3 Å². The van der Waals surface area contributed by atoms with Crippen molar-refractivity contribution in [2.45, 2.75) is 50.2 Å². The van der Waals surface area contributed by atoms with Gasteiger partial charge in [0, 0.05) is 12.6 Å². The van der Waals surface area contributed by atoms with E-state index >= 15 is 0 Å². The van der Waals surface area contributed by atoms with Gasteiger partial charge >= 0.3 is 0 Å². The quantitative estimate of drug-likeness (QED) is 0.838. The van der Waals surface area contributed by atoms with Crippen molar-refractivity contribution in [1.29, 1.82) is 0 Å². The summed E-state index contributed by atoms with van der Waals surface area (Å²) in [5.74, 6) is 0. The Labute approximate surface area is 103 Å². The van der Waals surface area contributed by atoms with E-state index in [0.29, 0.717) is 6.04 Å². The zero-order chi connectivity index (χ0) is 11.7. The van der Waals surface area contributed by atoms with Gasteiger partial charge in [0.2, 0.25) is 0 Å². The second-order valence-electron chi connectivity index (χ2n) is 5.60. The van der Waals surface area contributed by atoms with Gasteiger partial charge in [-0.2, -0.15) is 0 Å². The van der Waals surface area contributed by atoms with Crippen LogP contribution in [0, 0.1) is 0 Å². The number of hydrogen-bond donors (Lipinski definition) is 2. The van der Waals surface area contributed by atoms with Crippen molar-refractivity contribution in [1.82, 2.24) is 5.32 Å². The van der Waals surface area contributed by atoms with Gasteiger partial charge in [0.05, 0.1) is 5.60 Å². The minimum absolute atomic E-state index is 0.410. The predicted octanol–water partition coefficient (Wildman–Crippen LogP) is 2.57. The molecule has 0 saturated heterocycles. The standard InChI is InChI=1S/C15H21NO/c17-15(9-4-10-15)11-16-14-8-3-6-12-5-1-2-7-13(12)14/h1-2,5,7,14,16-17H,3-4,6,8-11H2. The van der Waals surface area contributed by atoms with E-state index in [4.69, 9.17) is 0 Å². The zero-order valence-electron chi connectivity index (χ0n) is 10.3. The van der Waals surface area contributed by atoms with Gasteiger partial charge < -0.3 is 10.4 Å². The second kappa shape index (κ2) is 4.43. The lowest BCUT2D eigenvalue weighted by Crippen LogP contribution is -2.47. The molecule has 1 aromatic rings. The first-order chi connectivity index (χ1) is 8.27. The van der Waals surface area contributed by atoms with Gasteiger partial charge in [-0.3, -0.25) is 0 Å². The first-order valence-corrected chi connectivity index (χ1v) is 6.80. The molecule has 2 nitrogen and oxygen atoms in total. The fraction of sp³-hybridized carbons (Fsp3) is 0.600. The number of aryl methyl sites for hydroxylation is 1. The van der Waals surface area contributed by atoms with Crippen LogP contribution in [-0.2, 0) is 6.42 Å². The van der Waals surface area contributed by atoms with Crippen LogP contribution in [0.2, 0.25) is 0 Å². The van der Waals surface area contributed by atoms with Gasteiger partial charge in [-0.15, -0.1) is 0 Å². The van der Waals surface area contributed by atoms with Crippen molar-refractivity contribution in [3.05, 3.63) is 35.4 Å². The summed E-state index contributed by atoms with van der Waals surface area (Å²) in [5.41, 5.74) is 2.52. The molecule has 0 heterocycles. The third-order valence-electron chi connectivity index (χ3n) is 4.33. The van der Waals surface area contributed by atoms with Gasteiger partial charge in [0.25, 0.3) is 0 Å². The average Bonchev–Trinajstić information content (AvgIpc) is 2.34. The number of aliphatic hydroxyl groups is 1. The lowest BCUT2D eigenvalue weighted by molar-refractivity contribution is -0.0336. The highest BCUT2D eigenvalue weighted by molar-refractivity contribution is 5.32. The Hall–Kier alpha value is -0.860. The van der Waals surface area contributed by atoms with Crippen LogP contribution in [0.4, 0.5) is 0 Å². The average molecular weight is 231 g/mol. The molecule has 92 valence electrons. The molecular weight excluding hydrogens is 210 g/mol. The van der Waals surface area contributed by atoms with Crippen molar-refractivity contribution in [3.8, 4) is 0 Å². The number of hydrogen-bond acceptors (Lipinski definition) is 2. The molecule has 1 atom stereocenters. The second-order valence-corrected chi connectivity index (χ2v) is 5.60. The molecule has 1 fully saturated rings. The monoisotopic (exact) mass is 231 g/mol. The molecule has 3 rings (SSSR count). The van der Waals surface area contributed by atoms with Gasteiger partial charge in [-0.1, -0.05) is 24.3 Å². The zero-order valence-corrected chi connectivity index (χ0v) is 10.3. The van der Waals surface area contributed by atoms with E-state index in [0.717, 1.165) is 19.4 Å². The van der Waals surface area contributed by atoms with E-state index in [1.807, 2.05) is 0 Å². The molecule has 17 heavy (non-hydrogen) atoms. The normalized spacial score (nSPS) is 26.1. The molecule has 0 aromatic heterocycles. The van der Waals surface area contributed by atoms with E-state index in [-0.39, 0.29) is 0 Å². The minimum Gasteiger partial charge on any atom is -0.389 e. The summed E-state index contributed by atoms with van der Waals surface area (Å²) in [6.45, 7) is 0.756. The Morgan fingerprint density at radius 3 is 2.82 bits per heavy atom. The number of fused-ring (bicyclic) bond motifs is 1. The number of nitrogens with one attached hydrogen (secondary N) is 1. The van der Waals surface area contributed by atoms with Crippen LogP contribution in [0.5, 0.6) is 0 Å². The maximum Gasteiger partial charge on any atom is 0.0771 e. The van der Waals surface area contributed by atoms with Gasteiger partial charge in [0.15, 0.2) is 0 Å². The summed E-state index contributed by atoms with van der Waals surface area (Å²) < 4.78 is 0. The molecule has 2 aliphatic rings. The highest BCUT2D eigenvalue weighted by Gasteiger charge is 2.35. The molecule has 1 saturated carbocycles. The maximum absolute atomic E-state index is 10.1.